The van der Waals surface area contributed by atoms with E-state index in [2.05, 4.69) is 38.1 Å². The molecule has 2 saturated carbocycles. The van der Waals surface area contributed by atoms with Crippen LogP contribution in [0, 0.1) is 40.4 Å². The molecule has 0 spiro atoms. The number of allylic oxidation sites excluding steroid dienone is 4. The molecule has 0 aromatic rings. The molecule has 2 fully saturated rings. The van der Waals surface area contributed by atoms with Gasteiger partial charge in [0.15, 0.2) is 0 Å². The molecule has 2 rings (SSSR count). The molecule has 0 heterocycles. The summed E-state index contributed by atoms with van der Waals surface area (Å²) in [5.41, 5.74) is 1.44. The zero-order valence-electron chi connectivity index (χ0n) is 15.6. The van der Waals surface area contributed by atoms with Gasteiger partial charge in [-0.25, -0.2) is 0 Å². The Kier molecular flexibility index (Phi) is 11.0. The molecule has 0 aromatic heterocycles. The summed E-state index contributed by atoms with van der Waals surface area (Å²) >= 11 is 0. The van der Waals surface area contributed by atoms with E-state index < -0.39 is 0 Å². The van der Waals surface area contributed by atoms with Crippen molar-refractivity contribution in [1.29, 1.82) is 10.5 Å². The van der Waals surface area contributed by atoms with E-state index in [4.69, 9.17) is 10.5 Å². The van der Waals surface area contributed by atoms with Gasteiger partial charge in [-0.2, -0.15) is 10.5 Å². The van der Waals surface area contributed by atoms with Crippen molar-refractivity contribution in [1.82, 2.24) is 0 Å². The second-order valence-corrected chi connectivity index (χ2v) is 7.39. The largest absolute Gasteiger partial charge is 0.198 e. The Morgan fingerprint density at radius 3 is 2.12 bits per heavy atom. The van der Waals surface area contributed by atoms with Crippen LogP contribution in [0.25, 0.3) is 0 Å². The van der Waals surface area contributed by atoms with Crippen molar-refractivity contribution in [3.8, 4) is 12.1 Å². The molecule has 24 heavy (non-hydrogen) atoms. The smallest absolute Gasteiger partial charge is 0.0908 e. The molecule has 1 unspecified atom stereocenters. The van der Waals surface area contributed by atoms with Gasteiger partial charge in [-0.3, -0.25) is 0 Å². The summed E-state index contributed by atoms with van der Waals surface area (Å²) < 4.78 is 0. The second kappa shape index (κ2) is 12.8. The molecule has 2 heteroatoms. The molecule has 1 atom stereocenters. The highest BCUT2D eigenvalue weighted by Gasteiger charge is 2.17. The van der Waals surface area contributed by atoms with Crippen LogP contribution in [0.4, 0.5) is 0 Å². The van der Waals surface area contributed by atoms with Gasteiger partial charge in [0.05, 0.1) is 18.6 Å². The summed E-state index contributed by atoms with van der Waals surface area (Å²) in [5, 5.41) is 16.8. The van der Waals surface area contributed by atoms with Gasteiger partial charge in [-0.15, -0.1) is 0 Å². The lowest BCUT2D eigenvalue weighted by atomic mass is 9.81. The Labute approximate surface area is 149 Å². The van der Waals surface area contributed by atoms with Crippen molar-refractivity contribution in [3.63, 3.8) is 0 Å². The zero-order valence-corrected chi connectivity index (χ0v) is 15.6. The Hall–Kier alpha value is -1.54. The summed E-state index contributed by atoms with van der Waals surface area (Å²) in [5.74, 6) is 2.22. The van der Waals surface area contributed by atoms with Gasteiger partial charge in [0.2, 0.25) is 0 Å². The lowest BCUT2D eigenvalue weighted by molar-refractivity contribution is 0.300. The Morgan fingerprint density at radius 1 is 1.00 bits per heavy atom. The SMILES string of the molecule is CC(=CCC#N)C1CCCCC1.CC(C=CC#N)C1CCCCC1. The lowest BCUT2D eigenvalue weighted by Crippen LogP contribution is -2.13. The molecule has 0 bridgehead atoms. The molecule has 0 amide bonds. The molecule has 0 radical (unpaired) electrons. The van der Waals surface area contributed by atoms with E-state index in [1.807, 2.05) is 0 Å². The highest BCUT2D eigenvalue weighted by Crippen LogP contribution is 2.30. The van der Waals surface area contributed by atoms with E-state index in [0.717, 1.165) is 11.8 Å². The number of rotatable bonds is 4. The number of nitrogens with zero attached hydrogens (tertiary/aromatic N) is 2. The van der Waals surface area contributed by atoms with Crippen molar-refractivity contribution in [2.75, 3.05) is 0 Å². The summed E-state index contributed by atoms with van der Waals surface area (Å²) in [6.45, 7) is 4.40. The molecule has 2 aliphatic rings. The van der Waals surface area contributed by atoms with Gasteiger partial charge < -0.3 is 0 Å². The fourth-order valence-electron chi connectivity index (χ4n) is 3.94. The first-order chi connectivity index (χ1) is 11.7. The van der Waals surface area contributed by atoms with Crippen LogP contribution in [0.5, 0.6) is 0 Å². The first kappa shape index (κ1) is 20.5. The highest BCUT2D eigenvalue weighted by molar-refractivity contribution is 5.07. The number of hydrogen-bond donors (Lipinski definition) is 0. The van der Waals surface area contributed by atoms with E-state index in [-0.39, 0.29) is 0 Å². The van der Waals surface area contributed by atoms with Crippen molar-refractivity contribution >= 4 is 0 Å². The molecule has 2 nitrogen and oxygen atoms in total. The third-order valence-electron chi connectivity index (χ3n) is 5.63. The molecular formula is C22H34N2. The van der Waals surface area contributed by atoms with E-state index >= 15 is 0 Å². The van der Waals surface area contributed by atoms with Crippen LogP contribution >= 0.6 is 0 Å². The maximum absolute atomic E-state index is 8.42. The summed E-state index contributed by atoms with van der Waals surface area (Å²) in [4.78, 5) is 0. The predicted molar refractivity (Wildman–Crippen MR) is 101 cm³/mol. The van der Waals surface area contributed by atoms with Crippen LogP contribution in [-0.4, -0.2) is 0 Å². The standard InChI is InChI=1S/2C11H17N/c2*1-10(6-5-9-12)11-7-3-2-4-8-11/h6,11H,2-5,7-8H2,1H3;5-6,10-11H,2-4,7-8H2,1H3. The van der Waals surface area contributed by atoms with Crippen molar-refractivity contribution in [2.24, 2.45) is 17.8 Å². The van der Waals surface area contributed by atoms with E-state index in [1.54, 1.807) is 6.08 Å². The average molecular weight is 327 g/mol. The molecular weight excluding hydrogens is 292 g/mol. The number of nitriles is 2. The van der Waals surface area contributed by atoms with Gasteiger partial charge in [-0.1, -0.05) is 63.2 Å². The van der Waals surface area contributed by atoms with Crippen LogP contribution in [0.3, 0.4) is 0 Å². The van der Waals surface area contributed by atoms with Crippen molar-refractivity contribution in [2.45, 2.75) is 84.5 Å². The maximum atomic E-state index is 8.42. The van der Waals surface area contributed by atoms with E-state index in [1.165, 1.54) is 69.8 Å². The summed E-state index contributed by atoms with van der Waals surface area (Å²) in [6.07, 6.45) is 20.1. The van der Waals surface area contributed by atoms with Crippen LogP contribution in [0.1, 0.15) is 84.5 Å². The normalized spacial score (nSPS) is 21.4. The molecule has 0 aromatic carbocycles. The zero-order chi connectivity index (χ0) is 17.6. The van der Waals surface area contributed by atoms with Gasteiger partial charge in [-0.05, 0) is 50.4 Å². The Morgan fingerprint density at radius 2 is 1.58 bits per heavy atom. The first-order valence-corrected chi connectivity index (χ1v) is 9.79. The Bertz CT molecular complexity index is 463. The van der Waals surface area contributed by atoms with Crippen molar-refractivity contribution in [3.05, 3.63) is 23.8 Å². The quantitative estimate of drug-likeness (QED) is 0.426. The minimum absolute atomic E-state index is 0.586. The third-order valence-corrected chi connectivity index (χ3v) is 5.63. The monoisotopic (exact) mass is 326 g/mol. The Balaban J connectivity index is 0.000000240. The van der Waals surface area contributed by atoms with Crippen LogP contribution in [0.2, 0.25) is 0 Å². The predicted octanol–water partition coefficient (Wildman–Crippen LogP) is 6.71. The molecule has 0 saturated heterocycles. The maximum Gasteiger partial charge on any atom is 0.0908 e. The average Bonchev–Trinajstić information content (AvgIpc) is 2.66. The van der Waals surface area contributed by atoms with Gasteiger partial charge in [0.1, 0.15) is 0 Å². The van der Waals surface area contributed by atoms with Crippen molar-refractivity contribution < 1.29 is 0 Å². The summed E-state index contributed by atoms with van der Waals surface area (Å²) in [7, 11) is 0. The summed E-state index contributed by atoms with van der Waals surface area (Å²) in [6, 6.07) is 4.22. The second-order valence-electron chi connectivity index (χ2n) is 7.39. The number of hydrogen-bond acceptors (Lipinski definition) is 2. The minimum Gasteiger partial charge on any atom is -0.198 e. The van der Waals surface area contributed by atoms with Gasteiger partial charge in [0, 0.05) is 6.08 Å². The molecule has 2 aliphatic carbocycles. The van der Waals surface area contributed by atoms with Gasteiger partial charge in [0.25, 0.3) is 0 Å². The van der Waals surface area contributed by atoms with E-state index in [9.17, 15) is 0 Å². The minimum atomic E-state index is 0.586. The van der Waals surface area contributed by atoms with E-state index in [0.29, 0.717) is 12.3 Å². The molecule has 132 valence electrons. The topological polar surface area (TPSA) is 47.6 Å². The van der Waals surface area contributed by atoms with Crippen LogP contribution in [0.15, 0.2) is 23.8 Å². The fourth-order valence-corrected chi connectivity index (χ4v) is 3.94. The van der Waals surface area contributed by atoms with Crippen LogP contribution < -0.4 is 0 Å². The van der Waals surface area contributed by atoms with Crippen LogP contribution in [-0.2, 0) is 0 Å². The third kappa shape index (κ3) is 8.35. The lowest BCUT2D eigenvalue weighted by Gasteiger charge is -2.25. The highest BCUT2D eigenvalue weighted by atomic mass is 14.2. The molecule has 0 aliphatic heterocycles. The molecule has 0 N–H and O–H groups in total. The van der Waals surface area contributed by atoms with Gasteiger partial charge >= 0.3 is 0 Å². The fraction of sp³-hybridized carbons (Fsp3) is 0.727. The first-order valence-electron chi connectivity index (χ1n) is 9.79.